The van der Waals surface area contributed by atoms with Crippen LogP contribution >= 0.6 is 0 Å². The van der Waals surface area contributed by atoms with Gasteiger partial charge in [-0.2, -0.15) is 0 Å². The Bertz CT molecular complexity index is 146. The lowest BCUT2D eigenvalue weighted by molar-refractivity contribution is -0.113. The van der Waals surface area contributed by atoms with Gasteiger partial charge in [0.15, 0.2) is 0 Å². The Kier molecular flexibility index (Phi) is 1.47. The third-order valence-electron chi connectivity index (χ3n) is 2.18. The van der Waals surface area contributed by atoms with Gasteiger partial charge in [0.05, 0.1) is 24.7 Å². The summed E-state index contributed by atoms with van der Waals surface area (Å²) in [5.74, 6) is -0.00694. The second kappa shape index (κ2) is 2.32. The van der Waals surface area contributed by atoms with Crippen molar-refractivity contribution in [2.45, 2.75) is 18.6 Å². The average molecular weight is 142 g/mol. The van der Waals surface area contributed by atoms with E-state index in [1.165, 1.54) is 0 Å². The topological polar surface area (TPSA) is 35.5 Å². The largest absolute Gasteiger partial charge is 0.375 e. The summed E-state index contributed by atoms with van der Waals surface area (Å²) in [6.07, 6.45) is 2.16. The number of fused-ring (bicyclic) bond motifs is 1. The summed E-state index contributed by atoms with van der Waals surface area (Å²) in [7, 11) is 0. The van der Waals surface area contributed by atoms with Gasteiger partial charge in [-0.05, 0) is 6.42 Å². The van der Waals surface area contributed by atoms with Crippen molar-refractivity contribution in [1.82, 2.24) is 0 Å². The fourth-order valence-corrected chi connectivity index (χ4v) is 1.62. The van der Waals surface area contributed by atoms with Crippen LogP contribution in [0.5, 0.6) is 0 Å². The Morgan fingerprint density at radius 1 is 1.40 bits per heavy atom. The maximum absolute atomic E-state index is 10.4. The Morgan fingerprint density at radius 3 is 3.10 bits per heavy atom. The van der Waals surface area contributed by atoms with E-state index in [-0.39, 0.29) is 18.1 Å². The molecule has 0 aromatic heterocycles. The molecule has 0 amide bonds. The molecule has 2 fully saturated rings. The van der Waals surface area contributed by atoms with E-state index in [1.807, 2.05) is 0 Å². The van der Waals surface area contributed by atoms with Crippen molar-refractivity contribution in [1.29, 1.82) is 0 Å². The van der Waals surface area contributed by atoms with Crippen molar-refractivity contribution < 1.29 is 14.3 Å². The van der Waals surface area contributed by atoms with Crippen LogP contribution in [0.2, 0.25) is 0 Å². The minimum absolute atomic E-state index is 0.00694. The van der Waals surface area contributed by atoms with Gasteiger partial charge in [0.25, 0.3) is 0 Å². The quantitative estimate of drug-likeness (QED) is 0.483. The van der Waals surface area contributed by atoms with E-state index in [1.54, 1.807) is 0 Å². The third kappa shape index (κ3) is 0.777. The van der Waals surface area contributed by atoms with E-state index in [9.17, 15) is 4.79 Å². The van der Waals surface area contributed by atoms with Crippen LogP contribution in [0.4, 0.5) is 0 Å². The summed E-state index contributed by atoms with van der Waals surface area (Å²) < 4.78 is 10.6. The first-order chi connectivity index (χ1) is 4.92. The second-order valence-corrected chi connectivity index (χ2v) is 2.80. The van der Waals surface area contributed by atoms with Gasteiger partial charge in [0.2, 0.25) is 0 Å². The van der Waals surface area contributed by atoms with Crippen molar-refractivity contribution >= 4 is 6.29 Å². The predicted molar refractivity (Wildman–Crippen MR) is 33.7 cm³/mol. The molecule has 0 aromatic rings. The minimum Gasteiger partial charge on any atom is -0.375 e. The van der Waals surface area contributed by atoms with Gasteiger partial charge in [-0.15, -0.1) is 0 Å². The number of rotatable bonds is 1. The van der Waals surface area contributed by atoms with E-state index >= 15 is 0 Å². The SMILES string of the molecule is O=CC1COC2CCOC12. The highest BCUT2D eigenvalue weighted by atomic mass is 16.6. The lowest BCUT2D eigenvalue weighted by atomic mass is 10.0. The normalized spacial score (nSPS) is 45.4. The van der Waals surface area contributed by atoms with Crippen LogP contribution in [-0.2, 0) is 14.3 Å². The van der Waals surface area contributed by atoms with E-state index in [0.717, 1.165) is 19.3 Å². The summed E-state index contributed by atoms with van der Waals surface area (Å²) >= 11 is 0. The molecule has 0 radical (unpaired) electrons. The molecule has 0 saturated carbocycles. The van der Waals surface area contributed by atoms with Crippen molar-refractivity contribution in [3.63, 3.8) is 0 Å². The molecule has 0 spiro atoms. The average Bonchev–Trinajstić information content (AvgIpc) is 2.44. The highest BCUT2D eigenvalue weighted by molar-refractivity contribution is 5.55. The van der Waals surface area contributed by atoms with Gasteiger partial charge in [-0.1, -0.05) is 0 Å². The molecule has 56 valence electrons. The zero-order valence-electron chi connectivity index (χ0n) is 5.66. The van der Waals surface area contributed by atoms with E-state index in [2.05, 4.69) is 0 Å². The number of ether oxygens (including phenoxy) is 2. The zero-order chi connectivity index (χ0) is 6.97. The van der Waals surface area contributed by atoms with Crippen LogP contribution in [-0.4, -0.2) is 31.7 Å². The number of carbonyl (C=O) groups is 1. The van der Waals surface area contributed by atoms with Crippen LogP contribution in [0.1, 0.15) is 6.42 Å². The van der Waals surface area contributed by atoms with E-state index in [4.69, 9.17) is 9.47 Å². The summed E-state index contributed by atoms with van der Waals surface area (Å²) in [4.78, 5) is 10.4. The van der Waals surface area contributed by atoms with Crippen LogP contribution in [0, 0.1) is 5.92 Å². The molecule has 0 aliphatic carbocycles. The van der Waals surface area contributed by atoms with Crippen molar-refractivity contribution in [3.05, 3.63) is 0 Å². The smallest absolute Gasteiger partial charge is 0.128 e. The summed E-state index contributed by atoms with van der Waals surface area (Å²) in [5, 5.41) is 0. The summed E-state index contributed by atoms with van der Waals surface area (Å²) in [6, 6.07) is 0. The van der Waals surface area contributed by atoms with Crippen molar-refractivity contribution in [2.24, 2.45) is 5.92 Å². The monoisotopic (exact) mass is 142 g/mol. The van der Waals surface area contributed by atoms with Crippen LogP contribution in [0.3, 0.4) is 0 Å². The molecule has 2 aliphatic heterocycles. The Labute approximate surface area is 59.3 Å². The van der Waals surface area contributed by atoms with Crippen molar-refractivity contribution in [2.75, 3.05) is 13.2 Å². The molecule has 3 nitrogen and oxygen atoms in total. The van der Waals surface area contributed by atoms with Crippen molar-refractivity contribution in [3.8, 4) is 0 Å². The third-order valence-corrected chi connectivity index (χ3v) is 2.18. The molecular formula is C7H10O3. The maximum Gasteiger partial charge on any atom is 0.128 e. The molecule has 10 heavy (non-hydrogen) atoms. The van der Waals surface area contributed by atoms with Gasteiger partial charge in [0, 0.05) is 6.61 Å². The summed E-state index contributed by atoms with van der Waals surface area (Å²) in [5.41, 5.74) is 0. The Hall–Kier alpha value is -0.410. The summed E-state index contributed by atoms with van der Waals surface area (Å²) in [6.45, 7) is 1.30. The van der Waals surface area contributed by atoms with Crippen LogP contribution in [0.15, 0.2) is 0 Å². The molecule has 2 rings (SSSR count). The molecule has 0 aromatic carbocycles. The predicted octanol–water partition coefficient (Wildman–Crippen LogP) is -0.0108. The fraction of sp³-hybridized carbons (Fsp3) is 0.857. The molecule has 2 saturated heterocycles. The molecular weight excluding hydrogens is 132 g/mol. The molecule has 0 bridgehead atoms. The first kappa shape index (κ1) is 6.31. The van der Waals surface area contributed by atoms with Gasteiger partial charge in [0.1, 0.15) is 6.29 Å². The van der Waals surface area contributed by atoms with E-state index < -0.39 is 0 Å². The Balaban J connectivity index is 2.07. The molecule has 3 heteroatoms. The van der Waals surface area contributed by atoms with Gasteiger partial charge < -0.3 is 14.3 Å². The lowest BCUT2D eigenvalue weighted by Crippen LogP contribution is -2.23. The number of hydrogen-bond acceptors (Lipinski definition) is 3. The Morgan fingerprint density at radius 2 is 2.30 bits per heavy atom. The number of hydrogen-bond donors (Lipinski definition) is 0. The number of aldehydes is 1. The van der Waals surface area contributed by atoms with Gasteiger partial charge >= 0.3 is 0 Å². The maximum atomic E-state index is 10.4. The molecule has 0 N–H and O–H groups in total. The standard InChI is InChI=1S/C7H10O3/c8-3-5-4-10-6-1-2-9-7(5)6/h3,5-7H,1-2,4H2. The first-order valence-corrected chi connectivity index (χ1v) is 3.60. The zero-order valence-corrected chi connectivity index (χ0v) is 5.66. The first-order valence-electron chi connectivity index (χ1n) is 3.60. The van der Waals surface area contributed by atoms with Gasteiger partial charge in [-0.25, -0.2) is 0 Å². The number of carbonyl (C=O) groups excluding carboxylic acids is 1. The molecule has 2 aliphatic rings. The highest BCUT2D eigenvalue weighted by Gasteiger charge is 2.41. The lowest BCUT2D eigenvalue weighted by Gasteiger charge is -2.08. The fourth-order valence-electron chi connectivity index (χ4n) is 1.62. The molecule has 2 heterocycles. The highest BCUT2D eigenvalue weighted by Crippen LogP contribution is 2.29. The minimum atomic E-state index is -0.00694. The van der Waals surface area contributed by atoms with E-state index in [0.29, 0.717) is 6.61 Å². The molecule has 3 atom stereocenters. The second-order valence-electron chi connectivity index (χ2n) is 2.80. The van der Waals surface area contributed by atoms with Gasteiger partial charge in [-0.3, -0.25) is 0 Å². The molecule has 3 unspecified atom stereocenters. The van der Waals surface area contributed by atoms with Crippen LogP contribution < -0.4 is 0 Å². The van der Waals surface area contributed by atoms with Crippen LogP contribution in [0.25, 0.3) is 0 Å².